The summed E-state index contributed by atoms with van der Waals surface area (Å²) >= 11 is 6.99. The number of halogens is 1. The van der Waals surface area contributed by atoms with Crippen LogP contribution in [0.1, 0.15) is 102 Å². The van der Waals surface area contributed by atoms with Crippen LogP contribution >= 0.6 is 11.6 Å². The summed E-state index contributed by atoms with van der Waals surface area (Å²) < 4.78 is 12.4. The summed E-state index contributed by atoms with van der Waals surface area (Å²) in [7, 11) is 0. The highest BCUT2D eigenvalue weighted by molar-refractivity contribution is 6.32. The summed E-state index contributed by atoms with van der Waals surface area (Å²) in [6.45, 7) is 18.5. The van der Waals surface area contributed by atoms with Gasteiger partial charge in [0.25, 0.3) is 0 Å². The van der Waals surface area contributed by atoms with Crippen molar-refractivity contribution in [3.05, 3.63) is 80.1 Å². The zero-order valence-corrected chi connectivity index (χ0v) is 27.8. The van der Waals surface area contributed by atoms with Crippen molar-refractivity contribution in [3.63, 3.8) is 0 Å². The molecule has 0 spiro atoms. The van der Waals surface area contributed by atoms with E-state index in [9.17, 15) is 9.59 Å². The van der Waals surface area contributed by atoms with Gasteiger partial charge in [-0.2, -0.15) is 0 Å². The molecule has 230 valence electrons. The molecule has 43 heavy (non-hydrogen) atoms. The Morgan fingerprint density at radius 1 is 0.814 bits per heavy atom. The first kappa shape index (κ1) is 31.4. The van der Waals surface area contributed by atoms with E-state index in [1.165, 1.54) is 11.1 Å². The third-order valence-electron chi connectivity index (χ3n) is 8.80. The molecule has 3 aliphatic rings. The SMILES string of the molecule is CCCN1C2=C(C(=O)CC(C)(C)C2)C(c2cc(Cl)c(OCc3cc(C)cc(C)c3)c(OCC)c2)C2=C1CC(C)(C)CC2=O. The number of ether oxygens (including phenoxy) is 2. The van der Waals surface area contributed by atoms with Gasteiger partial charge in [-0.05, 0) is 74.1 Å². The van der Waals surface area contributed by atoms with Crippen molar-refractivity contribution in [2.75, 3.05) is 13.2 Å². The van der Waals surface area contributed by atoms with Gasteiger partial charge >= 0.3 is 0 Å². The van der Waals surface area contributed by atoms with Crippen LogP contribution in [0.15, 0.2) is 52.9 Å². The van der Waals surface area contributed by atoms with Crippen LogP contribution in [0.25, 0.3) is 0 Å². The van der Waals surface area contributed by atoms with Gasteiger partial charge in [-0.3, -0.25) is 9.59 Å². The maximum atomic E-state index is 14.1. The fourth-order valence-electron chi connectivity index (χ4n) is 7.34. The summed E-state index contributed by atoms with van der Waals surface area (Å²) in [5.41, 5.74) is 7.55. The molecule has 2 aromatic rings. The number of carbonyl (C=O) groups excluding carboxylic acids is 2. The average Bonchev–Trinajstić information content (AvgIpc) is 2.87. The minimum absolute atomic E-state index is 0.116. The Labute approximate surface area is 262 Å². The van der Waals surface area contributed by atoms with Crippen LogP contribution in [0, 0.1) is 24.7 Å². The Hall–Kier alpha value is -3.05. The van der Waals surface area contributed by atoms with E-state index in [1.54, 1.807) is 0 Å². The van der Waals surface area contributed by atoms with Gasteiger partial charge in [0.2, 0.25) is 0 Å². The molecule has 5 nitrogen and oxygen atoms in total. The van der Waals surface area contributed by atoms with E-state index in [1.807, 2.05) is 19.1 Å². The van der Waals surface area contributed by atoms with Crippen LogP contribution in [-0.4, -0.2) is 29.6 Å². The van der Waals surface area contributed by atoms with Crippen molar-refractivity contribution < 1.29 is 19.1 Å². The molecule has 0 radical (unpaired) electrons. The number of Topliss-reactive ketones (excluding diaryl/α,β-unsaturated/α-hetero) is 2. The Morgan fingerprint density at radius 3 is 1.88 bits per heavy atom. The van der Waals surface area contributed by atoms with Crippen molar-refractivity contribution >= 4 is 23.2 Å². The van der Waals surface area contributed by atoms with Crippen molar-refractivity contribution in [1.82, 2.24) is 4.90 Å². The first-order valence-electron chi connectivity index (χ1n) is 15.7. The Kier molecular flexibility index (Phi) is 8.61. The normalized spacial score (nSPS) is 19.9. The third kappa shape index (κ3) is 6.29. The van der Waals surface area contributed by atoms with Gasteiger partial charge in [0, 0.05) is 47.8 Å². The lowest BCUT2D eigenvalue weighted by Crippen LogP contribution is -2.44. The Morgan fingerprint density at radius 2 is 1.37 bits per heavy atom. The molecule has 0 N–H and O–H groups in total. The van der Waals surface area contributed by atoms with Gasteiger partial charge < -0.3 is 14.4 Å². The molecule has 0 amide bonds. The molecule has 0 atom stereocenters. The molecule has 2 aliphatic carbocycles. The molecule has 0 aromatic heterocycles. The number of rotatable bonds is 8. The van der Waals surface area contributed by atoms with Crippen LogP contribution in [0.4, 0.5) is 0 Å². The monoisotopic (exact) mass is 603 g/mol. The van der Waals surface area contributed by atoms with Crippen molar-refractivity contribution in [3.8, 4) is 11.5 Å². The number of aryl methyl sites for hydroxylation is 2. The average molecular weight is 604 g/mol. The van der Waals surface area contributed by atoms with Crippen molar-refractivity contribution in [2.24, 2.45) is 10.8 Å². The number of ketones is 2. The number of hydrogen-bond acceptors (Lipinski definition) is 5. The zero-order valence-electron chi connectivity index (χ0n) is 27.1. The second-order valence-electron chi connectivity index (χ2n) is 14.2. The van der Waals surface area contributed by atoms with Gasteiger partial charge in [-0.1, -0.05) is 75.5 Å². The third-order valence-corrected chi connectivity index (χ3v) is 9.08. The van der Waals surface area contributed by atoms with E-state index < -0.39 is 5.92 Å². The highest BCUT2D eigenvalue weighted by Crippen LogP contribution is 2.55. The highest BCUT2D eigenvalue weighted by Gasteiger charge is 2.49. The number of allylic oxidation sites excluding steroid dienone is 4. The van der Waals surface area contributed by atoms with Gasteiger partial charge in [0.15, 0.2) is 23.1 Å². The summed E-state index contributed by atoms with van der Waals surface area (Å²) in [6, 6.07) is 10.2. The summed E-state index contributed by atoms with van der Waals surface area (Å²) in [6.07, 6.45) is 3.41. The lowest BCUT2D eigenvalue weighted by Gasteiger charge is -2.49. The topological polar surface area (TPSA) is 55.8 Å². The first-order valence-corrected chi connectivity index (χ1v) is 16.1. The first-order chi connectivity index (χ1) is 20.2. The molecule has 2 aromatic carbocycles. The molecular weight excluding hydrogens is 558 g/mol. The minimum atomic E-state index is -0.476. The predicted octanol–water partition coefficient (Wildman–Crippen LogP) is 9.03. The van der Waals surface area contributed by atoms with E-state index in [0.29, 0.717) is 42.6 Å². The fourth-order valence-corrected chi connectivity index (χ4v) is 7.61. The highest BCUT2D eigenvalue weighted by atomic mass is 35.5. The van der Waals surface area contributed by atoms with Gasteiger partial charge in [-0.15, -0.1) is 0 Å². The van der Waals surface area contributed by atoms with E-state index in [-0.39, 0.29) is 22.4 Å². The molecule has 1 aliphatic heterocycles. The van der Waals surface area contributed by atoms with Crippen molar-refractivity contribution in [1.29, 1.82) is 0 Å². The summed E-state index contributed by atoms with van der Waals surface area (Å²) in [4.78, 5) is 30.4. The molecule has 0 saturated heterocycles. The van der Waals surface area contributed by atoms with E-state index in [2.05, 4.69) is 71.6 Å². The predicted molar refractivity (Wildman–Crippen MR) is 173 cm³/mol. The van der Waals surface area contributed by atoms with Crippen LogP contribution in [-0.2, 0) is 16.2 Å². The maximum absolute atomic E-state index is 14.1. The van der Waals surface area contributed by atoms with Crippen LogP contribution in [0.5, 0.6) is 11.5 Å². The van der Waals surface area contributed by atoms with Gasteiger partial charge in [-0.25, -0.2) is 0 Å². The van der Waals surface area contributed by atoms with Crippen LogP contribution in [0.3, 0.4) is 0 Å². The van der Waals surface area contributed by atoms with E-state index in [0.717, 1.165) is 59.5 Å². The quantitative estimate of drug-likeness (QED) is 0.301. The molecule has 0 saturated carbocycles. The summed E-state index contributed by atoms with van der Waals surface area (Å²) in [5, 5.41) is 0.415. The number of benzene rings is 2. The fraction of sp³-hybridized carbons (Fsp3) is 0.514. The minimum Gasteiger partial charge on any atom is -0.490 e. The second kappa shape index (κ2) is 11.8. The van der Waals surface area contributed by atoms with Crippen LogP contribution < -0.4 is 9.47 Å². The van der Waals surface area contributed by atoms with Gasteiger partial charge in [0.05, 0.1) is 11.6 Å². The standard InChI is InChI=1S/C37H46ClNO4/c1-9-11-39-27-17-36(5,6)19-29(40)33(27)32(34-28(39)18-37(7,8)20-30(34)41)25-15-26(38)35(31(16-25)42-10-2)43-21-24-13-22(3)12-23(4)14-24/h12-16,32H,9-11,17-21H2,1-8H3. The maximum Gasteiger partial charge on any atom is 0.180 e. The number of carbonyl (C=O) groups is 2. The molecule has 5 rings (SSSR count). The molecule has 0 bridgehead atoms. The molecular formula is C37H46ClNO4. The molecule has 0 fully saturated rings. The molecule has 1 heterocycles. The van der Waals surface area contributed by atoms with E-state index >= 15 is 0 Å². The molecule has 6 heteroatoms. The molecule has 0 unspecified atom stereocenters. The largest absolute Gasteiger partial charge is 0.490 e. The lowest BCUT2D eigenvalue weighted by atomic mass is 9.63. The zero-order chi connectivity index (χ0) is 31.3. The lowest BCUT2D eigenvalue weighted by molar-refractivity contribution is -0.119. The smallest absolute Gasteiger partial charge is 0.180 e. The number of nitrogens with zero attached hydrogens (tertiary/aromatic N) is 1. The summed E-state index contributed by atoms with van der Waals surface area (Å²) in [5.74, 6) is 0.763. The van der Waals surface area contributed by atoms with E-state index in [4.69, 9.17) is 21.1 Å². The Balaban J connectivity index is 1.66. The van der Waals surface area contributed by atoms with Gasteiger partial charge in [0.1, 0.15) is 6.61 Å². The Bertz CT molecular complexity index is 1460. The van der Waals surface area contributed by atoms with Crippen LogP contribution in [0.2, 0.25) is 5.02 Å². The second-order valence-corrected chi connectivity index (χ2v) is 14.6. The number of hydrogen-bond donors (Lipinski definition) is 0. The van der Waals surface area contributed by atoms with Crippen molar-refractivity contribution in [2.45, 2.75) is 100 Å².